The maximum Gasteiger partial charge on any atom is 0.328 e. The molecule has 0 fully saturated rings. The number of amides is 1. The van der Waals surface area contributed by atoms with Crippen molar-refractivity contribution >= 4 is 5.91 Å². The highest BCUT2D eigenvalue weighted by molar-refractivity contribution is 5.93. The van der Waals surface area contributed by atoms with Crippen LogP contribution in [-0.2, 0) is 13.5 Å². The number of rotatable bonds is 3. The zero-order valence-corrected chi connectivity index (χ0v) is 13.4. The number of aromatic amines is 1. The van der Waals surface area contributed by atoms with E-state index in [2.05, 4.69) is 10.3 Å². The number of fused-ring (bicyclic) bond motifs is 1. The number of hydrogen-bond acceptors (Lipinski definition) is 4. The van der Waals surface area contributed by atoms with Crippen LogP contribution in [0.1, 0.15) is 22.3 Å². The summed E-state index contributed by atoms with van der Waals surface area (Å²) in [5.41, 5.74) is -0.171. The Hall–Kier alpha value is -2.83. The molecule has 0 unspecified atom stereocenters. The Kier molecular flexibility index (Phi) is 4.50. The van der Waals surface area contributed by atoms with Crippen LogP contribution in [0.5, 0.6) is 5.75 Å². The van der Waals surface area contributed by atoms with Crippen molar-refractivity contribution in [3.63, 3.8) is 0 Å². The van der Waals surface area contributed by atoms with E-state index in [4.69, 9.17) is 4.74 Å². The highest BCUT2D eigenvalue weighted by atomic mass is 16.5. The van der Waals surface area contributed by atoms with Crippen LogP contribution in [0.15, 0.2) is 40.1 Å². The number of nitrogens with zero attached hydrogens (tertiary/aromatic N) is 1. The van der Waals surface area contributed by atoms with Gasteiger partial charge in [0, 0.05) is 19.8 Å². The van der Waals surface area contributed by atoms with Gasteiger partial charge in [0.25, 0.3) is 11.5 Å². The molecular weight excluding hydrogens is 310 g/mol. The molecule has 7 nitrogen and oxygen atoms in total. The highest BCUT2D eigenvalue weighted by Gasteiger charge is 2.19. The van der Waals surface area contributed by atoms with E-state index >= 15 is 0 Å². The van der Waals surface area contributed by atoms with Crippen molar-refractivity contribution in [1.82, 2.24) is 14.9 Å². The van der Waals surface area contributed by atoms with E-state index < -0.39 is 17.2 Å². The Morgan fingerprint density at radius 1 is 1.38 bits per heavy atom. The molecule has 7 heteroatoms. The molecular formula is C17H19N3O4. The summed E-state index contributed by atoms with van der Waals surface area (Å²) in [7, 11) is 1.48. The Morgan fingerprint density at radius 2 is 2.17 bits per heavy atom. The average molecular weight is 329 g/mol. The third-order valence-electron chi connectivity index (χ3n) is 4.17. The van der Waals surface area contributed by atoms with Gasteiger partial charge in [-0.25, -0.2) is 4.79 Å². The van der Waals surface area contributed by atoms with Crippen molar-refractivity contribution in [2.75, 3.05) is 13.2 Å². The first-order valence-electron chi connectivity index (χ1n) is 7.83. The van der Waals surface area contributed by atoms with Crippen molar-refractivity contribution in [3.05, 3.63) is 62.4 Å². The molecule has 0 saturated carbocycles. The van der Waals surface area contributed by atoms with Gasteiger partial charge in [0.1, 0.15) is 11.3 Å². The van der Waals surface area contributed by atoms with Crippen molar-refractivity contribution in [3.8, 4) is 5.75 Å². The van der Waals surface area contributed by atoms with Crippen LogP contribution in [0.25, 0.3) is 0 Å². The molecule has 126 valence electrons. The minimum atomic E-state index is -0.676. The van der Waals surface area contributed by atoms with E-state index in [0.29, 0.717) is 13.2 Å². The molecule has 1 atom stereocenters. The van der Waals surface area contributed by atoms with E-state index in [-0.39, 0.29) is 11.5 Å². The van der Waals surface area contributed by atoms with Gasteiger partial charge in [-0.2, -0.15) is 0 Å². The largest absolute Gasteiger partial charge is 0.493 e. The molecule has 0 spiro atoms. The second kappa shape index (κ2) is 6.74. The van der Waals surface area contributed by atoms with Crippen molar-refractivity contribution in [2.45, 2.75) is 12.8 Å². The van der Waals surface area contributed by atoms with Crippen molar-refractivity contribution in [2.24, 2.45) is 13.0 Å². The lowest BCUT2D eigenvalue weighted by atomic mass is 9.97. The zero-order valence-electron chi connectivity index (χ0n) is 13.4. The number of aromatic nitrogens is 2. The smallest absolute Gasteiger partial charge is 0.328 e. The molecule has 0 bridgehead atoms. The van der Waals surface area contributed by atoms with E-state index in [1.54, 1.807) is 0 Å². The summed E-state index contributed by atoms with van der Waals surface area (Å²) in [5.74, 6) is 0.635. The van der Waals surface area contributed by atoms with E-state index in [9.17, 15) is 14.4 Å². The van der Waals surface area contributed by atoms with E-state index in [0.717, 1.165) is 24.2 Å². The minimum Gasteiger partial charge on any atom is -0.493 e. The monoisotopic (exact) mass is 329 g/mol. The highest BCUT2D eigenvalue weighted by Crippen LogP contribution is 2.26. The molecule has 2 N–H and O–H groups in total. The average Bonchev–Trinajstić information content (AvgIpc) is 2.77. The summed E-state index contributed by atoms with van der Waals surface area (Å²) in [6, 6.07) is 7.87. The zero-order chi connectivity index (χ0) is 17.1. The normalized spacial score (nSPS) is 16.6. The molecule has 1 aliphatic rings. The molecule has 0 saturated heterocycles. The van der Waals surface area contributed by atoms with Crippen LogP contribution < -0.4 is 21.3 Å². The van der Waals surface area contributed by atoms with Crippen LogP contribution >= 0.6 is 0 Å². The fourth-order valence-electron chi connectivity index (χ4n) is 2.79. The van der Waals surface area contributed by atoms with Crippen molar-refractivity contribution < 1.29 is 9.53 Å². The summed E-state index contributed by atoms with van der Waals surface area (Å²) in [5, 5.41) is 2.78. The van der Waals surface area contributed by atoms with Gasteiger partial charge in [-0.15, -0.1) is 0 Å². The van der Waals surface area contributed by atoms with Gasteiger partial charge in [-0.05, 0) is 30.4 Å². The quantitative estimate of drug-likeness (QED) is 0.855. The summed E-state index contributed by atoms with van der Waals surface area (Å²) in [4.78, 5) is 37.4. The maximum absolute atomic E-state index is 12.2. The fraction of sp³-hybridized carbons (Fsp3) is 0.353. The molecule has 1 aliphatic heterocycles. The lowest BCUT2D eigenvalue weighted by molar-refractivity contribution is 0.0943. The Bertz CT molecular complexity index is 869. The predicted molar refractivity (Wildman–Crippen MR) is 88.4 cm³/mol. The van der Waals surface area contributed by atoms with Gasteiger partial charge in [0.2, 0.25) is 0 Å². The van der Waals surface area contributed by atoms with Gasteiger partial charge in [-0.3, -0.25) is 14.6 Å². The maximum atomic E-state index is 12.2. The number of hydrogen-bond donors (Lipinski definition) is 2. The van der Waals surface area contributed by atoms with Crippen LogP contribution in [0.3, 0.4) is 0 Å². The number of carbonyl (C=O) groups excluding carboxylic acids is 1. The summed E-state index contributed by atoms with van der Waals surface area (Å²) >= 11 is 0. The van der Waals surface area contributed by atoms with Gasteiger partial charge < -0.3 is 14.6 Å². The molecule has 2 aromatic rings. The van der Waals surface area contributed by atoms with Crippen LogP contribution in [-0.4, -0.2) is 28.6 Å². The second-order valence-corrected chi connectivity index (χ2v) is 5.94. The third-order valence-corrected chi connectivity index (χ3v) is 4.17. The molecule has 1 amide bonds. The topological polar surface area (TPSA) is 93.2 Å². The summed E-state index contributed by atoms with van der Waals surface area (Å²) < 4.78 is 6.89. The number of H-pyrrole nitrogens is 1. The Balaban J connectivity index is 1.68. The fourth-order valence-corrected chi connectivity index (χ4v) is 2.79. The molecule has 24 heavy (non-hydrogen) atoms. The van der Waals surface area contributed by atoms with Gasteiger partial charge >= 0.3 is 5.69 Å². The third kappa shape index (κ3) is 3.40. The molecule has 2 heterocycles. The standard InChI is InChI=1S/C17H19N3O4/c1-20-10-13(16(22)19-17(20)23)15(21)18-9-11-6-7-24-14-5-3-2-4-12(14)8-11/h2-5,10-11H,6-9H2,1H3,(H,18,21)(H,19,22,23)/t11-/m0/s1. The molecule has 1 aromatic carbocycles. The molecule has 0 radical (unpaired) electrons. The number of benzene rings is 1. The SMILES string of the molecule is Cn1cc(C(=O)NC[C@H]2CCOc3ccccc3C2)c(=O)[nH]c1=O. The Labute approximate surface area is 138 Å². The van der Waals surface area contributed by atoms with Crippen LogP contribution in [0.2, 0.25) is 0 Å². The van der Waals surface area contributed by atoms with Gasteiger partial charge in [0.15, 0.2) is 0 Å². The Morgan fingerprint density at radius 3 is 3.00 bits per heavy atom. The number of nitrogens with one attached hydrogen (secondary N) is 2. The molecule has 3 rings (SSSR count). The first-order valence-corrected chi connectivity index (χ1v) is 7.83. The van der Waals surface area contributed by atoms with Crippen LogP contribution in [0, 0.1) is 5.92 Å². The van der Waals surface area contributed by atoms with Crippen LogP contribution in [0.4, 0.5) is 0 Å². The molecule has 0 aliphatic carbocycles. The second-order valence-electron chi connectivity index (χ2n) is 5.94. The van der Waals surface area contributed by atoms with E-state index in [1.165, 1.54) is 17.8 Å². The number of aryl methyl sites for hydroxylation is 1. The number of carbonyl (C=O) groups is 1. The van der Waals surface area contributed by atoms with E-state index in [1.807, 2.05) is 24.3 Å². The van der Waals surface area contributed by atoms with Gasteiger partial charge in [-0.1, -0.05) is 18.2 Å². The first kappa shape index (κ1) is 16.0. The predicted octanol–water partition coefficient (Wildman–Crippen LogP) is 0.445. The summed E-state index contributed by atoms with van der Waals surface area (Å²) in [6.07, 6.45) is 2.88. The first-order chi connectivity index (χ1) is 11.5. The lowest BCUT2D eigenvalue weighted by Gasteiger charge is -2.14. The van der Waals surface area contributed by atoms with Crippen molar-refractivity contribution in [1.29, 1.82) is 0 Å². The minimum absolute atomic E-state index is 0.0672. The lowest BCUT2D eigenvalue weighted by Crippen LogP contribution is -2.38. The summed E-state index contributed by atoms with van der Waals surface area (Å²) in [6.45, 7) is 1.04. The molecule has 1 aromatic heterocycles. The number of para-hydroxylation sites is 1. The number of ether oxygens (including phenoxy) is 1. The van der Waals surface area contributed by atoms with Gasteiger partial charge in [0.05, 0.1) is 6.61 Å².